The van der Waals surface area contributed by atoms with Crippen molar-refractivity contribution in [3.63, 3.8) is 0 Å². The molecule has 2 aliphatic heterocycles. The fourth-order valence-corrected chi connectivity index (χ4v) is 3.89. The van der Waals surface area contributed by atoms with Crippen molar-refractivity contribution in [3.8, 4) is 0 Å². The molecule has 0 N–H and O–H groups in total. The van der Waals surface area contributed by atoms with Gasteiger partial charge >= 0.3 is 0 Å². The van der Waals surface area contributed by atoms with E-state index in [1.807, 2.05) is 24.3 Å². The van der Waals surface area contributed by atoms with E-state index in [4.69, 9.17) is 4.74 Å². The largest absolute Gasteiger partial charge is 0.381 e. The molecule has 2 saturated heterocycles. The van der Waals surface area contributed by atoms with Crippen molar-refractivity contribution < 1.29 is 9.53 Å². The maximum Gasteiger partial charge on any atom is 0.222 e. The summed E-state index contributed by atoms with van der Waals surface area (Å²) in [6.45, 7) is 7.37. The van der Waals surface area contributed by atoms with Gasteiger partial charge in [0.05, 0.1) is 6.04 Å². The SMILES string of the molecule is CCN1CCN(C(=O)CC[C@@H]2CCCOC2)C[C@@H]1c1nccn1C. The zero-order valence-corrected chi connectivity index (χ0v) is 15.0. The van der Waals surface area contributed by atoms with Gasteiger partial charge in [0.15, 0.2) is 0 Å². The van der Waals surface area contributed by atoms with Crippen molar-refractivity contribution in [2.45, 2.75) is 38.6 Å². The average Bonchev–Trinajstić information content (AvgIpc) is 3.05. The van der Waals surface area contributed by atoms with E-state index >= 15 is 0 Å². The number of amides is 1. The predicted molar refractivity (Wildman–Crippen MR) is 92.6 cm³/mol. The van der Waals surface area contributed by atoms with Gasteiger partial charge in [-0.1, -0.05) is 6.92 Å². The Labute approximate surface area is 144 Å². The highest BCUT2D eigenvalue weighted by atomic mass is 16.5. The molecule has 0 saturated carbocycles. The van der Waals surface area contributed by atoms with Gasteiger partial charge in [0.25, 0.3) is 0 Å². The lowest BCUT2D eigenvalue weighted by Gasteiger charge is -2.40. The van der Waals surface area contributed by atoms with Gasteiger partial charge < -0.3 is 14.2 Å². The smallest absolute Gasteiger partial charge is 0.222 e. The number of aromatic nitrogens is 2. The summed E-state index contributed by atoms with van der Waals surface area (Å²) in [5.41, 5.74) is 0. The molecular formula is C18H30N4O2. The highest BCUT2D eigenvalue weighted by Crippen LogP contribution is 2.25. The number of piperazine rings is 1. The van der Waals surface area contributed by atoms with E-state index in [9.17, 15) is 4.79 Å². The van der Waals surface area contributed by atoms with Crippen LogP contribution in [0.1, 0.15) is 44.5 Å². The maximum absolute atomic E-state index is 12.7. The van der Waals surface area contributed by atoms with Crippen molar-refractivity contribution in [2.75, 3.05) is 39.4 Å². The van der Waals surface area contributed by atoms with Gasteiger partial charge in [-0.25, -0.2) is 4.98 Å². The summed E-state index contributed by atoms with van der Waals surface area (Å²) in [5.74, 6) is 1.90. The van der Waals surface area contributed by atoms with Crippen molar-refractivity contribution in [3.05, 3.63) is 18.2 Å². The highest BCUT2D eigenvalue weighted by Gasteiger charge is 2.32. The Hall–Kier alpha value is -1.40. The van der Waals surface area contributed by atoms with Crippen LogP contribution in [-0.2, 0) is 16.6 Å². The summed E-state index contributed by atoms with van der Waals surface area (Å²) in [7, 11) is 2.03. The minimum atomic E-state index is 0.200. The molecule has 3 heterocycles. The van der Waals surface area contributed by atoms with Crippen LogP contribution < -0.4 is 0 Å². The third-order valence-corrected chi connectivity index (χ3v) is 5.43. The van der Waals surface area contributed by atoms with E-state index in [1.54, 1.807) is 0 Å². The number of hydrogen-bond donors (Lipinski definition) is 0. The molecule has 1 amide bonds. The van der Waals surface area contributed by atoms with E-state index < -0.39 is 0 Å². The molecule has 0 spiro atoms. The second kappa shape index (κ2) is 8.12. The van der Waals surface area contributed by atoms with Crippen molar-refractivity contribution >= 4 is 5.91 Å². The standard InChI is InChI=1S/C18H30N4O2/c1-3-21-10-11-22(13-16(21)18-19-8-9-20(18)2)17(23)7-6-15-5-4-12-24-14-15/h8-9,15-16H,3-7,10-14H2,1-2H3/t15-,16+/m0/s1. The van der Waals surface area contributed by atoms with Crippen LogP contribution in [0.5, 0.6) is 0 Å². The van der Waals surface area contributed by atoms with Crippen LogP contribution in [0.15, 0.2) is 12.4 Å². The molecule has 0 bridgehead atoms. The number of carbonyl (C=O) groups is 1. The van der Waals surface area contributed by atoms with Crippen LogP contribution >= 0.6 is 0 Å². The first-order chi connectivity index (χ1) is 11.7. The predicted octanol–water partition coefficient (Wildman–Crippen LogP) is 1.83. The number of hydrogen-bond acceptors (Lipinski definition) is 4. The summed E-state index contributed by atoms with van der Waals surface area (Å²) in [5, 5.41) is 0. The molecule has 2 aliphatic rings. The number of imidazole rings is 1. The molecular weight excluding hydrogens is 304 g/mol. The third kappa shape index (κ3) is 3.98. The topological polar surface area (TPSA) is 50.6 Å². The molecule has 2 atom stereocenters. The molecule has 3 rings (SSSR count). The molecule has 24 heavy (non-hydrogen) atoms. The molecule has 0 radical (unpaired) electrons. The summed E-state index contributed by atoms with van der Waals surface area (Å²) in [6, 6.07) is 0.200. The first-order valence-corrected chi connectivity index (χ1v) is 9.25. The quantitative estimate of drug-likeness (QED) is 0.824. The summed E-state index contributed by atoms with van der Waals surface area (Å²) in [4.78, 5) is 21.6. The molecule has 0 unspecified atom stereocenters. The van der Waals surface area contributed by atoms with Crippen LogP contribution in [0.3, 0.4) is 0 Å². The third-order valence-electron chi connectivity index (χ3n) is 5.43. The van der Waals surface area contributed by atoms with E-state index in [1.165, 1.54) is 6.42 Å². The van der Waals surface area contributed by atoms with Crippen LogP contribution in [0, 0.1) is 5.92 Å². The molecule has 6 heteroatoms. The maximum atomic E-state index is 12.7. The van der Waals surface area contributed by atoms with Crippen molar-refractivity contribution in [2.24, 2.45) is 13.0 Å². The van der Waals surface area contributed by atoms with Gasteiger partial charge in [-0.3, -0.25) is 9.69 Å². The number of rotatable bonds is 5. The second-order valence-corrected chi connectivity index (χ2v) is 7.00. The lowest BCUT2D eigenvalue weighted by Crippen LogP contribution is -2.51. The Morgan fingerprint density at radius 2 is 2.29 bits per heavy atom. The molecule has 0 aliphatic carbocycles. The second-order valence-electron chi connectivity index (χ2n) is 7.00. The monoisotopic (exact) mass is 334 g/mol. The lowest BCUT2D eigenvalue weighted by molar-refractivity contribution is -0.135. The minimum Gasteiger partial charge on any atom is -0.381 e. The number of ether oxygens (including phenoxy) is 1. The Balaban J connectivity index is 1.57. The van der Waals surface area contributed by atoms with E-state index in [0.29, 0.717) is 12.3 Å². The Bertz CT molecular complexity index is 539. The zero-order valence-electron chi connectivity index (χ0n) is 15.0. The average molecular weight is 334 g/mol. The summed E-state index contributed by atoms with van der Waals surface area (Å²) >= 11 is 0. The lowest BCUT2D eigenvalue weighted by atomic mass is 9.96. The fraction of sp³-hybridized carbons (Fsp3) is 0.778. The van der Waals surface area contributed by atoms with E-state index in [0.717, 1.165) is 58.1 Å². The molecule has 6 nitrogen and oxygen atoms in total. The highest BCUT2D eigenvalue weighted by molar-refractivity contribution is 5.76. The Morgan fingerprint density at radius 3 is 2.96 bits per heavy atom. The van der Waals surface area contributed by atoms with Gasteiger partial charge in [0.1, 0.15) is 5.82 Å². The minimum absolute atomic E-state index is 0.200. The molecule has 1 aromatic heterocycles. The summed E-state index contributed by atoms with van der Waals surface area (Å²) < 4.78 is 7.60. The van der Waals surface area contributed by atoms with Crippen LogP contribution in [-0.4, -0.2) is 64.7 Å². The first kappa shape index (κ1) is 17.4. The van der Waals surface area contributed by atoms with Gasteiger partial charge in [0, 0.05) is 58.7 Å². The molecule has 1 aromatic rings. The normalized spacial score (nSPS) is 25.8. The van der Waals surface area contributed by atoms with Gasteiger partial charge in [0.2, 0.25) is 5.91 Å². The van der Waals surface area contributed by atoms with Crippen molar-refractivity contribution in [1.29, 1.82) is 0 Å². The Kier molecular flexibility index (Phi) is 5.89. The number of nitrogens with zero attached hydrogens (tertiary/aromatic N) is 4. The van der Waals surface area contributed by atoms with Gasteiger partial charge in [-0.05, 0) is 31.7 Å². The van der Waals surface area contributed by atoms with Crippen LogP contribution in [0.2, 0.25) is 0 Å². The number of carbonyl (C=O) groups excluding carboxylic acids is 1. The fourth-order valence-electron chi connectivity index (χ4n) is 3.89. The number of likely N-dealkylation sites (N-methyl/N-ethyl adjacent to an activating group) is 1. The van der Waals surface area contributed by atoms with Crippen LogP contribution in [0.25, 0.3) is 0 Å². The molecule has 134 valence electrons. The van der Waals surface area contributed by atoms with E-state index in [-0.39, 0.29) is 11.9 Å². The zero-order chi connectivity index (χ0) is 16.9. The molecule has 2 fully saturated rings. The van der Waals surface area contributed by atoms with Crippen LogP contribution in [0.4, 0.5) is 0 Å². The van der Waals surface area contributed by atoms with E-state index in [2.05, 4.69) is 21.4 Å². The first-order valence-electron chi connectivity index (χ1n) is 9.25. The molecule has 0 aromatic carbocycles. The van der Waals surface area contributed by atoms with Gasteiger partial charge in [-0.2, -0.15) is 0 Å². The Morgan fingerprint density at radius 1 is 1.42 bits per heavy atom. The number of aryl methyl sites for hydroxylation is 1. The van der Waals surface area contributed by atoms with Crippen molar-refractivity contribution in [1.82, 2.24) is 19.4 Å². The summed E-state index contributed by atoms with van der Waals surface area (Å²) in [6.07, 6.45) is 7.76. The van der Waals surface area contributed by atoms with Gasteiger partial charge in [-0.15, -0.1) is 0 Å².